The van der Waals surface area contributed by atoms with Gasteiger partial charge in [0.05, 0.1) is 0 Å². The largest absolute Gasteiger partial charge is 0.485 e. The molecule has 4 rings (SSSR count). The molecule has 0 radical (unpaired) electrons. The number of fused-ring (bicyclic) bond motifs is 3. The Morgan fingerprint density at radius 2 is 1.60 bits per heavy atom. The van der Waals surface area contributed by atoms with Crippen molar-refractivity contribution in [3.05, 3.63) is 94.9 Å². The third-order valence-corrected chi connectivity index (χ3v) is 5.49. The molecule has 3 aromatic rings. The molecule has 3 aromatic carbocycles. The number of benzene rings is 3. The molecule has 0 fully saturated rings. The number of rotatable bonds is 6. The lowest BCUT2D eigenvalue weighted by Gasteiger charge is -2.21. The van der Waals surface area contributed by atoms with Crippen molar-refractivity contribution in [3.8, 4) is 16.9 Å². The minimum atomic E-state index is -1.38. The van der Waals surface area contributed by atoms with E-state index in [1.165, 1.54) is 12.1 Å². The van der Waals surface area contributed by atoms with Crippen LogP contribution < -0.4 is 10.1 Å². The van der Waals surface area contributed by atoms with Gasteiger partial charge >= 0.3 is 12.1 Å². The minimum absolute atomic E-state index is 0.0419. The fourth-order valence-electron chi connectivity index (χ4n) is 4.08. The number of carbonyl (C=O) groups excluding carboxylic acids is 1. The summed E-state index contributed by atoms with van der Waals surface area (Å²) in [5.41, 5.74) is 3.49. The fraction of sp³-hybridized carbons (Fsp3) is 0.214. The van der Waals surface area contributed by atoms with E-state index >= 15 is 0 Å². The molecule has 0 saturated carbocycles. The molecule has 0 saturated heterocycles. The first-order valence-electron chi connectivity index (χ1n) is 11.2. The molecule has 0 aromatic heterocycles. The van der Waals surface area contributed by atoms with Gasteiger partial charge in [-0.25, -0.2) is 14.0 Å². The Kier molecular flexibility index (Phi) is 6.60. The van der Waals surface area contributed by atoms with Crippen molar-refractivity contribution in [2.24, 2.45) is 0 Å². The van der Waals surface area contributed by atoms with E-state index in [1.807, 2.05) is 48.5 Å². The molecule has 0 spiro atoms. The van der Waals surface area contributed by atoms with Crippen LogP contribution in [0, 0.1) is 5.82 Å². The van der Waals surface area contributed by atoms with Crippen LogP contribution in [0.3, 0.4) is 0 Å². The van der Waals surface area contributed by atoms with E-state index in [-0.39, 0.29) is 23.8 Å². The van der Waals surface area contributed by atoms with Crippen LogP contribution in [-0.4, -0.2) is 29.4 Å². The summed E-state index contributed by atoms with van der Waals surface area (Å²) in [4.78, 5) is 24.2. The molecule has 0 heterocycles. The van der Waals surface area contributed by atoms with Gasteiger partial charge < -0.3 is 14.6 Å². The number of ether oxygens (including phenoxy) is 2. The van der Waals surface area contributed by atoms with Crippen LogP contribution in [0.2, 0.25) is 0 Å². The highest BCUT2D eigenvalue weighted by Gasteiger charge is 2.29. The van der Waals surface area contributed by atoms with Crippen molar-refractivity contribution in [1.29, 1.82) is 0 Å². The first-order chi connectivity index (χ1) is 16.6. The zero-order valence-corrected chi connectivity index (χ0v) is 19.7. The van der Waals surface area contributed by atoms with Gasteiger partial charge in [-0.1, -0.05) is 54.6 Å². The molecular formula is C28H26FNO5. The first kappa shape index (κ1) is 24.0. The van der Waals surface area contributed by atoms with Crippen molar-refractivity contribution >= 4 is 18.1 Å². The number of aliphatic carboxylic acids is 1. The molecule has 180 valence electrons. The van der Waals surface area contributed by atoms with E-state index in [0.29, 0.717) is 0 Å². The molecule has 0 unspecified atom stereocenters. The summed E-state index contributed by atoms with van der Waals surface area (Å²) in [5, 5.41) is 11.8. The van der Waals surface area contributed by atoms with Crippen LogP contribution in [0.15, 0.2) is 72.4 Å². The zero-order chi connectivity index (χ0) is 25.2. The average Bonchev–Trinajstić information content (AvgIpc) is 3.12. The monoisotopic (exact) mass is 475 g/mol. The molecule has 1 aliphatic carbocycles. The number of carboxylic acid groups (broad SMARTS) is 1. The molecule has 2 N–H and O–H groups in total. The number of nitrogens with one attached hydrogen (secondary N) is 1. The normalized spacial score (nSPS) is 13.1. The van der Waals surface area contributed by atoms with E-state index in [2.05, 4.69) is 5.32 Å². The highest BCUT2D eigenvalue weighted by Crippen LogP contribution is 2.44. The van der Waals surface area contributed by atoms with Crippen LogP contribution in [-0.2, 0) is 9.53 Å². The van der Waals surface area contributed by atoms with Gasteiger partial charge in [0.25, 0.3) is 0 Å². The molecule has 7 heteroatoms. The zero-order valence-electron chi connectivity index (χ0n) is 19.7. The summed E-state index contributed by atoms with van der Waals surface area (Å²) in [6, 6.07) is 19.9. The lowest BCUT2D eigenvalue weighted by Crippen LogP contribution is -2.29. The van der Waals surface area contributed by atoms with Crippen LogP contribution in [0.5, 0.6) is 5.75 Å². The molecule has 1 aliphatic rings. The lowest BCUT2D eigenvalue weighted by atomic mass is 9.98. The van der Waals surface area contributed by atoms with Crippen molar-refractivity contribution in [2.45, 2.75) is 32.3 Å². The van der Waals surface area contributed by atoms with Crippen molar-refractivity contribution in [3.63, 3.8) is 0 Å². The Bertz CT molecular complexity index is 1260. The number of hydrogen-bond donors (Lipinski definition) is 2. The highest BCUT2D eigenvalue weighted by molar-refractivity contribution is 5.95. The van der Waals surface area contributed by atoms with Crippen LogP contribution in [0.4, 0.5) is 9.18 Å². The highest BCUT2D eigenvalue weighted by atomic mass is 19.1. The summed E-state index contributed by atoms with van der Waals surface area (Å²) < 4.78 is 25.4. The molecule has 0 bridgehead atoms. The molecule has 6 nitrogen and oxygen atoms in total. The fourth-order valence-corrected chi connectivity index (χ4v) is 4.08. The van der Waals surface area contributed by atoms with Gasteiger partial charge in [0.1, 0.15) is 17.9 Å². The maximum atomic E-state index is 14.4. The van der Waals surface area contributed by atoms with Gasteiger partial charge in [0, 0.05) is 5.92 Å². The van der Waals surface area contributed by atoms with Gasteiger partial charge in [0.2, 0.25) is 0 Å². The summed E-state index contributed by atoms with van der Waals surface area (Å²) >= 11 is 0. The summed E-state index contributed by atoms with van der Waals surface area (Å²) in [7, 11) is 0. The van der Waals surface area contributed by atoms with Gasteiger partial charge in [-0.15, -0.1) is 0 Å². The predicted molar refractivity (Wildman–Crippen MR) is 131 cm³/mol. The average molecular weight is 476 g/mol. The van der Waals surface area contributed by atoms with Crippen LogP contribution in [0.1, 0.15) is 43.4 Å². The Balaban J connectivity index is 1.46. The Labute approximate surface area is 203 Å². The van der Waals surface area contributed by atoms with Crippen LogP contribution in [0.25, 0.3) is 17.2 Å². The van der Waals surface area contributed by atoms with Crippen LogP contribution >= 0.6 is 0 Å². The SMILES string of the molecule is CC(C)(C)Oc1ccc(C=C(NC(=O)OCC2c3ccccc3-c3ccccc32)C(=O)O)cc1F. The maximum absolute atomic E-state index is 14.4. The minimum Gasteiger partial charge on any atom is -0.485 e. The number of carboxylic acids is 1. The third kappa shape index (κ3) is 5.51. The van der Waals surface area contributed by atoms with Crippen molar-refractivity contribution < 1.29 is 28.6 Å². The quantitative estimate of drug-likeness (QED) is 0.429. The summed E-state index contributed by atoms with van der Waals surface area (Å²) in [6.45, 7) is 5.42. The molecular weight excluding hydrogens is 449 g/mol. The maximum Gasteiger partial charge on any atom is 0.411 e. The summed E-state index contributed by atoms with van der Waals surface area (Å²) in [6.07, 6.45) is 0.252. The molecule has 0 atom stereocenters. The van der Waals surface area contributed by atoms with E-state index in [0.717, 1.165) is 34.4 Å². The second-order valence-corrected chi connectivity index (χ2v) is 9.22. The molecule has 35 heavy (non-hydrogen) atoms. The van der Waals surface area contributed by atoms with E-state index in [1.54, 1.807) is 20.8 Å². The van der Waals surface area contributed by atoms with Gasteiger partial charge in [0.15, 0.2) is 11.6 Å². The second kappa shape index (κ2) is 9.62. The number of halogens is 1. The van der Waals surface area contributed by atoms with Crippen molar-refractivity contribution in [2.75, 3.05) is 6.61 Å². The van der Waals surface area contributed by atoms with Gasteiger partial charge in [-0.3, -0.25) is 5.32 Å². The summed E-state index contributed by atoms with van der Waals surface area (Å²) in [5.74, 6) is -2.13. The topological polar surface area (TPSA) is 84.9 Å². The van der Waals surface area contributed by atoms with Crippen molar-refractivity contribution in [1.82, 2.24) is 5.32 Å². The van der Waals surface area contributed by atoms with E-state index in [9.17, 15) is 19.1 Å². The van der Waals surface area contributed by atoms with E-state index < -0.39 is 29.2 Å². The number of hydrogen-bond acceptors (Lipinski definition) is 4. The third-order valence-electron chi connectivity index (χ3n) is 5.49. The second-order valence-electron chi connectivity index (χ2n) is 9.22. The molecule has 1 amide bonds. The lowest BCUT2D eigenvalue weighted by molar-refractivity contribution is -0.132. The standard InChI is InChI=1S/C28H26FNO5/c1-28(2,3)35-25-13-12-17(14-23(25)29)15-24(26(31)32)30-27(33)34-16-22-20-10-6-4-8-18(20)19-9-5-7-11-21(19)22/h4-15,22H,16H2,1-3H3,(H,30,33)(H,31,32). The number of amides is 1. The molecule has 0 aliphatic heterocycles. The Morgan fingerprint density at radius 1 is 1.00 bits per heavy atom. The predicted octanol–water partition coefficient (Wildman–Crippen LogP) is 5.97. The van der Waals surface area contributed by atoms with Gasteiger partial charge in [-0.2, -0.15) is 0 Å². The van der Waals surface area contributed by atoms with Gasteiger partial charge in [-0.05, 0) is 66.8 Å². The van der Waals surface area contributed by atoms with E-state index in [4.69, 9.17) is 9.47 Å². The smallest absolute Gasteiger partial charge is 0.411 e. The number of alkyl carbamates (subject to hydrolysis) is 1. The first-order valence-corrected chi connectivity index (χ1v) is 11.2. The Hall–Kier alpha value is -4.13. The number of carbonyl (C=O) groups is 2. The Morgan fingerprint density at radius 3 is 2.14 bits per heavy atom.